The van der Waals surface area contributed by atoms with E-state index in [9.17, 15) is 0 Å². The van der Waals surface area contributed by atoms with Crippen molar-refractivity contribution in [2.45, 2.75) is 6.54 Å². The number of nitrogens with one attached hydrogen (secondary N) is 1. The molecule has 1 aliphatic rings. The van der Waals surface area contributed by atoms with Gasteiger partial charge in [-0.1, -0.05) is 0 Å². The Labute approximate surface area is 75.3 Å². The predicted molar refractivity (Wildman–Crippen MR) is 48.7 cm³/mol. The van der Waals surface area contributed by atoms with Gasteiger partial charge in [0.15, 0.2) is 5.82 Å². The number of anilines is 1. The second kappa shape index (κ2) is 2.32. The largest absolute Gasteiger partial charge is 0.363 e. The van der Waals surface area contributed by atoms with Crippen LogP contribution in [0.5, 0.6) is 0 Å². The summed E-state index contributed by atoms with van der Waals surface area (Å²) >= 11 is 0. The molecule has 13 heavy (non-hydrogen) atoms. The van der Waals surface area contributed by atoms with E-state index in [4.69, 9.17) is 0 Å². The third kappa shape index (κ3) is 0.853. The molecule has 1 aliphatic heterocycles. The summed E-state index contributed by atoms with van der Waals surface area (Å²) in [5, 5.41) is 3.23. The van der Waals surface area contributed by atoms with Crippen molar-refractivity contribution in [1.82, 2.24) is 14.5 Å². The highest BCUT2D eigenvalue weighted by Gasteiger charge is 2.14. The van der Waals surface area contributed by atoms with E-state index in [1.165, 1.54) is 5.69 Å². The van der Waals surface area contributed by atoms with Crippen LogP contribution in [0.4, 0.5) is 5.82 Å². The Balaban J connectivity index is 2.30. The topological polar surface area (TPSA) is 42.7 Å². The molecule has 0 saturated carbocycles. The van der Waals surface area contributed by atoms with Gasteiger partial charge in [0.1, 0.15) is 0 Å². The predicted octanol–water partition coefficient (Wildman–Crippen LogP) is 1.19. The van der Waals surface area contributed by atoms with E-state index in [0.29, 0.717) is 0 Å². The molecule has 64 valence electrons. The van der Waals surface area contributed by atoms with Crippen LogP contribution in [0, 0.1) is 0 Å². The lowest BCUT2D eigenvalue weighted by Crippen LogP contribution is -2.14. The van der Waals surface area contributed by atoms with Gasteiger partial charge in [-0.2, -0.15) is 0 Å². The van der Waals surface area contributed by atoms with E-state index in [1.54, 1.807) is 6.20 Å². The molecule has 0 amide bonds. The molecule has 0 radical (unpaired) electrons. The monoisotopic (exact) mass is 172 g/mol. The average molecular weight is 172 g/mol. The van der Waals surface area contributed by atoms with E-state index in [-0.39, 0.29) is 0 Å². The van der Waals surface area contributed by atoms with E-state index in [1.807, 2.05) is 24.7 Å². The van der Waals surface area contributed by atoms with Gasteiger partial charge in [0, 0.05) is 6.20 Å². The third-order valence-electron chi connectivity index (χ3n) is 2.20. The lowest BCUT2D eigenvalue weighted by molar-refractivity contribution is 0.889. The van der Waals surface area contributed by atoms with Gasteiger partial charge in [-0.25, -0.2) is 9.97 Å². The van der Waals surface area contributed by atoms with Crippen molar-refractivity contribution in [3.63, 3.8) is 0 Å². The van der Waals surface area contributed by atoms with Gasteiger partial charge in [-0.3, -0.25) is 4.57 Å². The zero-order chi connectivity index (χ0) is 8.67. The van der Waals surface area contributed by atoms with Gasteiger partial charge >= 0.3 is 0 Å². The molecule has 3 rings (SSSR count). The molecule has 4 heteroatoms. The normalized spacial score (nSPS) is 12.9. The second-order valence-corrected chi connectivity index (χ2v) is 2.98. The summed E-state index contributed by atoms with van der Waals surface area (Å²) in [5.74, 6) is 0.924. The fourth-order valence-electron chi connectivity index (χ4n) is 1.57. The first-order valence-corrected chi connectivity index (χ1v) is 4.15. The van der Waals surface area contributed by atoms with Crippen molar-refractivity contribution < 1.29 is 0 Å². The molecular weight excluding hydrogens is 164 g/mol. The van der Waals surface area contributed by atoms with Crippen molar-refractivity contribution in [2.24, 2.45) is 0 Å². The molecule has 0 fully saturated rings. The Hall–Kier alpha value is -1.84. The highest BCUT2D eigenvalue weighted by atomic mass is 15.2. The zero-order valence-electron chi connectivity index (χ0n) is 6.94. The molecular formula is C9H8N4. The zero-order valence-corrected chi connectivity index (χ0v) is 6.94. The lowest BCUT2D eigenvalue weighted by atomic mass is 10.3. The molecule has 0 aliphatic carbocycles. The first kappa shape index (κ1) is 6.65. The summed E-state index contributed by atoms with van der Waals surface area (Å²) < 4.78 is 2.05. The maximum atomic E-state index is 4.24. The number of nitrogens with zero attached hydrogens (tertiary/aromatic N) is 3. The van der Waals surface area contributed by atoms with Crippen LogP contribution in [0.15, 0.2) is 30.9 Å². The molecule has 0 bridgehead atoms. The molecule has 1 N–H and O–H groups in total. The molecule has 0 atom stereocenters. The highest BCUT2D eigenvalue weighted by molar-refractivity contribution is 5.58. The van der Waals surface area contributed by atoms with Crippen LogP contribution in [-0.2, 0) is 6.54 Å². The quantitative estimate of drug-likeness (QED) is 0.649. The van der Waals surface area contributed by atoms with Gasteiger partial charge in [0.05, 0.1) is 30.5 Å². The standard InChI is InChI=1S/C9H8N4/c1-2-8-9(11-3-1)12-5-7-4-10-6-13(7)8/h1-4,6H,5H2,(H,11,12). The van der Waals surface area contributed by atoms with Crippen LogP contribution in [0.3, 0.4) is 0 Å². The number of fused-ring (bicyclic) bond motifs is 3. The number of hydrogen-bond donors (Lipinski definition) is 1. The summed E-state index contributed by atoms with van der Waals surface area (Å²) in [5.41, 5.74) is 2.24. The minimum atomic E-state index is 0.796. The number of aromatic nitrogens is 3. The van der Waals surface area contributed by atoms with Gasteiger partial charge in [0.2, 0.25) is 0 Å². The highest BCUT2D eigenvalue weighted by Crippen LogP contribution is 2.23. The van der Waals surface area contributed by atoms with Crippen molar-refractivity contribution in [3.05, 3.63) is 36.5 Å². The van der Waals surface area contributed by atoms with Crippen LogP contribution < -0.4 is 5.32 Å². The minimum Gasteiger partial charge on any atom is -0.363 e. The summed E-state index contributed by atoms with van der Waals surface area (Å²) in [6.45, 7) is 0.796. The minimum absolute atomic E-state index is 0.796. The lowest BCUT2D eigenvalue weighted by Gasteiger charge is -2.18. The molecule has 0 aromatic carbocycles. The number of pyridine rings is 1. The van der Waals surface area contributed by atoms with Crippen LogP contribution in [0.1, 0.15) is 5.69 Å². The number of rotatable bonds is 0. The van der Waals surface area contributed by atoms with E-state index >= 15 is 0 Å². The van der Waals surface area contributed by atoms with Crippen LogP contribution in [-0.4, -0.2) is 14.5 Å². The summed E-state index contributed by atoms with van der Waals surface area (Å²) in [4.78, 5) is 8.34. The third-order valence-corrected chi connectivity index (χ3v) is 2.20. The van der Waals surface area contributed by atoms with Crippen molar-refractivity contribution in [3.8, 4) is 5.69 Å². The van der Waals surface area contributed by atoms with E-state index in [2.05, 4.69) is 19.9 Å². The Bertz CT molecular complexity index is 446. The first-order valence-electron chi connectivity index (χ1n) is 4.15. The van der Waals surface area contributed by atoms with Gasteiger partial charge in [0.25, 0.3) is 0 Å². The number of imidazole rings is 1. The van der Waals surface area contributed by atoms with E-state index in [0.717, 1.165) is 18.1 Å². The van der Waals surface area contributed by atoms with Gasteiger partial charge < -0.3 is 5.32 Å². The van der Waals surface area contributed by atoms with Gasteiger partial charge in [-0.05, 0) is 12.1 Å². The van der Waals surface area contributed by atoms with Gasteiger partial charge in [-0.15, -0.1) is 0 Å². The maximum Gasteiger partial charge on any atom is 0.150 e. The Morgan fingerprint density at radius 2 is 2.46 bits per heavy atom. The molecule has 0 unspecified atom stereocenters. The van der Waals surface area contributed by atoms with Crippen LogP contribution in [0.2, 0.25) is 0 Å². The smallest absolute Gasteiger partial charge is 0.150 e. The summed E-state index contributed by atoms with van der Waals surface area (Å²) in [6.07, 6.45) is 5.47. The molecule has 2 aromatic rings. The van der Waals surface area contributed by atoms with Crippen molar-refractivity contribution in [2.75, 3.05) is 5.32 Å². The molecule has 2 aromatic heterocycles. The summed E-state index contributed by atoms with van der Waals surface area (Å²) in [6, 6.07) is 3.95. The van der Waals surface area contributed by atoms with Crippen molar-refractivity contribution in [1.29, 1.82) is 0 Å². The Morgan fingerprint density at radius 3 is 3.46 bits per heavy atom. The summed E-state index contributed by atoms with van der Waals surface area (Å²) in [7, 11) is 0. The molecule has 0 saturated heterocycles. The average Bonchev–Trinajstić information content (AvgIpc) is 2.65. The van der Waals surface area contributed by atoms with Crippen LogP contribution in [0.25, 0.3) is 5.69 Å². The first-order chi connectivity index (χ1) is 6.45. The van der Waals surface area contributed by atoms with Crippen LogP contribution >= 0.6 is 0 Å². The Kier molecular flexibility index (Phi) is 1.19. The molecule has 3 heterocycles. The second-order valence-electron chi connectivity index (χ2n) is 2.98. The SMILES string of the molecule is c1cnc2c(c1)-n1cncc1CN2. The van der Waals surface area contributed by atoms with E-state index < -0.39 is 0 Å². The number of hydrogen-bond acceptors (Lipinski definition) is 3. The molecule has 4 nitrogen and oxygen atoms in total. The maximum absolute atomic E-state index is 4.24. The molecule has 0 spiro atoms. The fourth-order valence-corrected chi connectivity index (χ4v) is 1.57. The fraction of sp³-hybridized carbons (Fsp3) is 0.111. The van der Waals surface area contributed by atoms with Crippen molar-refractivity contribution >= 4 is 5.82 Å². The Morgan fingerprint density at radius 1 is 1.46 bits per heavy atom.